The molecule has 0 atom stereocenters. The second-order valence-electron chi connectivity index (χ2n) is 5.23. The van der Waals surface area contributed by atoms with Crippen LogP contribution in [0.5, 0.6) is 0 Å². The highest BCUT2D eigenvalue weighted by atomic mass is 16.4. The van der Waals surface area contributed by atoms with Gasteiger partial charge in [0.1, 0.15) is 0 Å². The lowest BCUT2D eigenvalue weighted by Crippen LogP contribution is -2.16. The van der Waals surface area contributed by atoms with Crippen LogP contribution in [0, 0.1) is 13.8 Å². The number of benzene rings is 1. The van der Waals surface area contributed by atoms with E-state index in [0.717, 1.165) is 43.8 Å². The van der Waals surface area contributed by atoms with Crippen LogP contribution in [-0.4, -0.2) is 23.3 Å². The number of nitrogens with one attached hydrogen (secondary N) is 1. The summed E-state index contributed by atoms with van der Waals surface area (Å²) in [5.41, 5.74) is 3.43. The van der Waals surface area contributed by atoms with Gasteiger partial charge in [-0.15, -0.1) is 10.2 Å². The second kappa shape index (κ2) is 7.20. The fourth-order valence-corrected chi connectivity index (χ4v) is 2.24. The van der Waals surface area contributed by atoms with Gasteiger partial charge < -0.3 is 9.73 Å². The first kappa shape index (κ1) is 14.7. The second-order valence-corrected chi connectivity index (χ2v) is 5.23. The molecule has 4 heteroatoms. The van der Waals surface area contributed by atoms with E-state index < -0.39 is 0 Å². The predicted molar refractivity (Wildman–Crippen MR) is 80.7 cm³/mol. The van der Waals surface area contributed by atoms with Crippen LogP contribution in [-0.2, 0) is 6.42 Å². The number of hydrogen-bond acceptors (Lipinski definition) is 4. The van der Waals surface area contributed by atoms with Gasteiger partial charge in [0, 0.05) is 12.0 Å². The van der Waals surface area contributed by atoms with Crippen molar-refractivity contribution >= 4 is 0 Å². The molecular weight excluding hydrogens is 250 g/mol. The van der Waals surface area contributed by atoms with Crippen molar-refractivity contribution in [2.45, 2.75) is 40.0 Å². The Morgan fingerprint density at radius 1 is 1.05 bits per heavy atom. The molecule has 0 saturated carbocycles. The summed E-state index contributed by atoms with van der Waals surface area (Å²) >= 11 is 0. The zero-order valence-electron chi connectivity index (χ0n) is 12.6. The fourth-order valence-electron chi connectivity index (χ4n) is 2.24. The maximum atomic E-state index is 5.74. The summed E-state index contributed by atoms with van der Waals surface area (Å²) in [6.45, 7) is 8.38. The number of aryl methyl sites for hydroxylation is 3. The summed E-state index contributed by atoms with van der Waals surface area (Å²) in [5, 5.41) is 11.6. The van der Waals surface area contributed by atoms with Gasteiger partial charge in [0.2, 0.25) is 11.8 Å². The highest BCUT2D eigenvalue weighted by Gasteiger charge is 2.09. The van der Waals surface area contributed by atoms with Crippen LogP contribution in [0.25, 0.3) is 11.5 Å². The van der Waals surface area contributed by atoms with Crippen LogP contribution >= 0.6 is 0 Å². The van der Waals surface area contributed by atoms with Gasteiger partial charge in [-0.05, 0) is 51.9 Å². The van der Waals surface area contributed by atoms with Crippen LogP contribution in [0.2, 0.25) is 0 Å². The molecule has 0 aliphatic rings. The van der Waals surface area contributed by atoms with Crippen LogP contribution in [0.15, 0.2) is 22.6 Å². The Kier molecular flexibility index (Phi) is 5.30. The Morgan fingerprint density at radius 3 is 2.50 bits per heavy atom. The monoisotopic (exact) mass is 273 g/mol. The van der Waals surface area contributed by atoms with E-state index in [1.54, 1.807) is 0 Å². The van der Waals surface area contributed by atoms with Crippen molar-refractivity contribution in [1.29, 1.82) is 0 Å². The molecule has 2 aromatic rings. The van der Waals surface area contributed by atoms with Crippen molar-refractivity contribution < 1.29 is 4.42 Å². The molecule has 4 nitrogen and oxygen atoms in total. The minimum absolute atomic E-state index is 0.619. The molecule has 1 aromatic heterocycles. The summed E-state index contributed by atoms with van der Waals surface area (Å²) in [6.07, 6.45) is 3.01. The van der Waals surface area contributed by atoms with E-state index in [1.807, 2.05) is 0 Å². The first-order valence-electron chi connectivity index (χ1n) is 7.31. The van der Waals surface area contributed by atoms with Crippen molar-refractivity contribution in [2.75, 3.05) is 13.1 Å². The molecule has 0 amide bonds. The molecule has 108 valence electrons. The van der Waals surface area contributed by atoms with Crippen LogP contribution in [0.1, 0.15) is 36.8 Å². The van der Waals surface area contributed by atoms with Gasteiger partial charge in [-0.25, -0.2) is 0 Å². The van der Waals surface area contributed by atoms with Gasteiger partial charge in [-0.1, -0.05) is 24.1 Å². The molecule has 0 aliphatic heterocycles. The van der Waals surface area contributed by atoms with Gasteiger partial charge in [0.15, 0.2) is 0 Å². The highest BCUT2D eigenvalue weighted by Crippen LogP contribution is 2.21. The average molecular weight is 273 g/mol. The average Bonchev–Trinajstić information content (AvgIpc) is 2.86. The van der Waals surface area contributed by atoms with Gasteiger partial charge in [0.05, 0.1) is 0 Å². The van der Waals surface area contributed by atoms with E-state index in [1.165, 1.54) is 11.1 Å². The number of hydrogen-bond donors (Lipinski definition) is 1. The normalized spacial score (nSPS) is 10.9. The molecule has 2 rings (SSSR count). The van der Waals surface area contributed by atoms with E-state index in [2.05, 4.69) is 54.5 Å². The topological polar surface area (TPSA) is 51.0 Å². The molecule has 0 fully saturated rings. The van der Waals surface area contributed by atoms with Crippen molar-refractivity contribution in [3.63, 3.8) is 0 Å². The summed E-state index contributed by atoms with van der Waals surface area (Å²) in [5.74, 6) is 1.34. The van der Waals surface area contributed by atoms with Gasteiger partial charge in [0.25, 0.3) is 0 Å². The Balaban J connectivity index is 1.94. The Morgan fingerprint density at radius 2 is 1.80 bits per heavy atom. The van der Waals surface area contributed by atoms with E-state index in [4.69, 9.17) is 4.42 Å². The van der Waals surface area contributed by atoms with Crippen LogP contribution < -0.4 is 5.32 Å². The van der Waals surface area contributed by atoms with E-state index >= 15 is 0 Å². The minimum Gasteiger partial charge on any atom is -0.421 e. The molecule has 1 heterocycles. The Hall–Kier alpha value is -1.68. The van der Waals surface area contributed by atoms with Crippen molar-refractivity contribution in [1.82, 2.24) is 15.5 Å². The zero-order valence-corrected chi connectivity index (χ0v) is 12.6. The Bertz CT molecular complexity index is 528. The lowest BCUT2D eigenvalue weighted by molar-refractivity contribution is 0.491. The number of aromatic nitrogens is 2. The molecular formula is C16H23N3O. The largest absolute Gasteiger partial charge is 0.421 e. The van der Waals surface area contributed by atoms with Crippen LogP contribution in [0.4, 0.5) is 0 Å². The molecule has 0 aliphatic carbocycles. The molecule has 0 radical (unpaired) electrons. The number of nitrogens with zero attached hydrogens (tertiary/aromatic N) is 2. The summed E-state index contributed by atoms with van der Waals surface area (Å²) in [7, 11) is 0. The van der Waals surface area contributed by atoms with E-state index in [9.17, 15) is 0 Å². The smallest absolute Gasteiger partial charge is 0.247 e. The van der Waals surface area contributed by atoms with Gasteiger partial charge in [-0.2, -0.15) is 0 Å². The van der Waals surface area contributed by atoms with Gasteiger partial charge in [-0.3, -0.25) is 0 Å². The number of rotatable bonds is 7. The quantitative estimate of drug-likeness (QED) is 0.786. The standard InChI is InChI=1S/C16H23N3O/c1-4-7-17-8-5-6-15-18-19-16(20-15)14-10-12(2)9-13(3)11-14/h9-11,17H,4-8H2,1-3H3. The minimum atomic E-state index is 0.619. The van der Waals surface area contributed by atoms with Crippen molar-refractivity contribution in [3.05, 3.63) is 35.2 Å². The summed E-state index contributed by atoms with van der Waals surface area (Å²) in [6, 6.07) is 6.29. The lowest BCUT2D eigenvalue weighted by Gasteiger charge is -2.01. The lowest BCUT2D eigenvalue weighted by atomic mass is 10.1. The highest BCUT2D eigenvalue weighted by molar-refractivity contribution is 5.55. The first-order valence-corrected chi connectivity index (χ1v) is 7.31. The maximum Gasteiger partial charge on any atom is 0.247 e. The molecule has 0 bridgehead atoms. The van der Waals surface area contributed by atoms with Crippen molar-refractivity contribution in [2.24, 2.45) is 0 Å². The third-order valence-electron chi connectivity index (χ3n) is 3.11. The molecule has 1 N–H and O–H groups in total. The van der Waals surface area contributed by atoms with Crippen LogP contribution in [0.3, 0.4) is 0 Å². The molecule has 0 unspecified atom stereocenters. The van der Waals surface area contributed by atoms with Gasteiger partial charge >= 0.3 is 0 Å². The zero-order chi connectivity index (χ0) is 14.4. The molecule has 20 heavy (non-hydrogen) atoms. The first-order chi connectivity index (χ1) is 9.69. The van der Waals surface area contributed by atoms with E-state index in [-0.39, 0.29) is 0 Å². The SMILES string of the molecule is CCCNCCCc1nnc(-c2cc(C)cc(C)c2)o1. The fraction of sp³-hybridized carbons (Fsp3) is 0.500. The van der Waals surface area contributed by atoms with Crippen molar-refractivity contribution in [3.8, 4) is 11.5 Å². The van der Waals surface area contributed by atoms with E-state index in [0.29, 0.717) is 5.89 Å². The summed E-state index contributed by atoms with van der Waals surface area (Å²) in [4.78, 5) is 0. The summed E-state index contributed by atoms with van der Waals surface area (Å²) < 4.78 is 5.74. The molecule has 0 saturated heterocycles. The maximum absolute atomic E-state index is 5.74. The third kappa shape index (κ3) is 4.17. The Labute approximate surface area is 120 Å². The molecule has 0 spiro atoms. The molecule has 1 aromatic carbocycles. The predicted octanol–water partition coefficient (Wildman–Crippen LogP) is 3.29. The third-order valence-corrected chi connectivity index (χ3v) is 3.11.